The summed E-state index contributed by atoms with van der Waals surface area (Å²) >= 11 is 0. The van der Waals surface area contributed by atoms with Crippen molar-refractivity contribution >= 4 is 23.2 Å². The molecular formula is C24H23FN8O4. The number of hydrogen-bond acceptors (Lipinski definition) is 9. The molecule has 0 spiro atoms. The van der Waals surface area contributed by atoms with Gasteiger partial charge in [-0.3, -0.25) is 23.7 Å². The second-order valence-electron chi connectivity index (χ2n) is 8.64. The number of rotatable bonds is 6. The van der Waals surface area contributed by atoms with Crippen LogP contribution in [0.2, 0.25) is 0 Å². The van der Waals surface area contributed by atoms with Crippen molar-refractivity contribution in [1.82, 2.24) is 24.3 Å². The average molecular weight is 506 g/mol. The first-order valence-electron chi connectivity index (χ1n) is 11.4. The third kappa shape index (κ3) is 4.58. The van der Waals surface area contributed by atoms with Gasteiger partial charge in [-0.05, 0) is 32.0 Å². The molecule has 1 amide bonds. The van der Waals surface area contributed by atoms with Crippen LogP contribution < -0.4 is 26.8 Å². The van der Waals surface area contributed by atoms with E-state index in [1.54, 1.807) is 50.1 Å². The summed E-state index contributed by atoms with van der Waals surface area (Å²) in [5.41, 5.74) is 0.748. The molecule has 0 saturated heterocycles. The van der Waals surface area contributed by atoms with Gasteiger partial charge in [0.2, 0.25) is 5.91 Å². The van der Waals surface area contributed by atoms with Crippen molar-refractivity contribution in [3.05, 3.63) is 80.3 Å². The molecule has 0 fully saturated rings. The zero-order chi connectivity index (χ0) is 26.3. The first-order chi connectivity index (χ1) is 17.7. The Bertz CT molecular complexity index is 1640. The molecule has 190 valence electrons. The van der Waals surface area contributed by atoms with Crippen molar-refractivity contribution < 1.29 is 13.7 Å². The van der Waals surface area contributed by atoms with Crippen LogP contribution in [0.1, 0.15) is 17.1 Å². The summed E-state index contributed by atoms with van der Waals surface area (Å²) in [5, 5.41) is 9.57. The summed E-state index contributed by atoms with van der Waals surface area (Å²) in [7, 11) is 1.54. The summed E-state index contributed by atoms with van der Waals surface area (Å²) in [6, 6.07) is 7.94. The first kappa shape index (κ1) is 23.9. The highest BCUT2D eigenvalue weighted by atomic mass is 19.1. The Morgan fingerprint density at radius 3 is 2.78 bits per heavy atom. The van der Waals surface area contributed by atoms with Crippen LogP contribution in [0.5, 0.6) is 0 Å². The van der Waals surface area contributed by atoms with Gasteiger partial charge in [-0.25, -0.2) is 14.2 Å². The first-order valence-corrected chi connectivity index (χ1v) is 11.4. The molecule has 13 heteroatoms. The molecule has 5 heterocycles. The fourth-order valence-electron chi connectivity index (χ4n) is 4.08. The predicted molar refractivity (Wildman–Crippen MR) is 133 cm³/mol. The van der Waals surface area contributed by atoms with E-state index in [4.69, 9.17) is 4.52 Å². The Labute approximate surface area is 209 Å². The van der Waals surface area contributed by atoms with Crippen LogP contribution >= 0.6 is 0 Å². The molecule has 4 aromatic rings. The van der Waals surface area contributed by atoms with E-state index in [1.165, 1.54) is 16.8 Å². The van der Waals surface area contributed by atoms with Crippen LogP contribution in [0.25, 0.3) is 11.3 Å². The van der Waals surface area contributed by atoms with Crippen molar-refractivity contribution in [2.75, 3.05) is 28.7 Å². The van der Waals surface area contributed by atoms with Crippen LogP contribution in [0.15, 0.2) is 50.6 Å². The number of hydrogen-bond donors (Lipinski definition) is 2. The summed E-state index contributed by atoms with van der Waals surface area (Å²) in [4.78, 5) is 48.9. The van der Waals surface area contributed by atoms with E-state index < -0.39 is 23.0 Å². The highest BCUT2D eigenvalue weighted by molar-refractivity contribution is 5.94. The molecular weight excluding hydrogens is 483 g/mol. The van der Waals surface area contributed by atoms with Crippen LogP contribution in [-0.2, 0) is 18.4 Å². The minimum absolute atomic E-state index is 0.0681. The zero-order valence-electron chi connectivity index (χ0n) is 20.3. The second kappa shape index (κ2) is 9.33. The van der Waals surface area contributed by atoms with Gasteiger partial charge in [0.1, 0.15) is 34.6 Å². The Balaban J connectivity index is 1.37. The number of nitrogens with zero attached hydrogens (tertiary/aromatic N) is 6. The number of nitrogens with one attached hydrogen (secondary N) is 2. The highest BCUT2D eigenvalue weighted by Crippen LogP contribution is 2.25. The lowest BCUT2D eigenvalue weighted by Gasteiger charge is -2.18. The number of pyridine rings is 2. The van der Waals surface area contributed by atoms with Gasteiger partial charge in [-0.2, -0.15) is 0 Å². The predicted octanol–water partition coefficient (Wildman–Crippen LogP) is 1.62. The molecule has 0 saturated carbocycles. The van der Waals surface area contributed by atoms with Crippen molar-refractivity contribution in [2.24, 2.45) is 7.05 Å². The molecule has 5 rings (SSSR count). The van der Waals surface area contributed by atoms with Crippen molar-refractivity contribution in [2.45, 2.75) is 20.4 Å². The van der Waals surface area contributed by atoms with Gasteiger partial charge >= 0.3 is 5.69 Å². The molecule has 0 atom stereocenters. The van der Waals surface area contributed by atoms with Crippen LogP contribution in [0.4, 0.5) is 21.7 Å². The molecule has 12 nitrogen and oxygen atoms in total. The lowest BCUT2D eigenvalue weighted by Crippen LogP contribution is -2.42. The SMILES string of the molecule is Cc1cc(Cn2c(=O)c3c(n(C)c2=O)NCN3CC(=O)Nc2cccc(-c3cnc(C)c(F)c3)n2)no1. The topological polar surface area (TPSA) is 140 Å². The van der Waals surface area contributed by atoms with E-state index in [-0.39, 0.29) is 37.0 Å². The molecule has 0 unspecified atom stereocenters. The fourth-order valence-corrected chi connectivity index (χ4v) is 4.08. The normalized spacial score (nSPS) is 12.4. The molecule has 4 aromatic heterocycles. The van der Waals surface area contributed by atoms with E-state index in [9.17, 15) is 18.8 Å². The zero-order valence-corrected chi connectivity index (χ0v) is 20.3. The smallest absolute Gasteiger partial charge is 0.332 e. The van der Waals surface area contributed by atoms with Crippen LogP contribution in [0, 0.1) is 19.7 Å². The average Bonchev–Trinajstić information content (AvgIpc) is 3.48. The Hall–Kier alpha value is -4.81. The number of aryl methyl sites for hydroxylation is 2. The van der Waals surface area contributed by atoms with Gasteiger partial charge in [-0.15, -0.1) is 0 Å². The molecule has 0 radical (unpaired) electrons. The lowest BCUT2D eigenvalue weighted by atomic mass is 10.1. The summed E-state index contributed by atoms with van der Waals surface area (Å²) in [5.74, 6) is 0.258. The highest BCUT2D eigenvalue weighted by Gasteiger charge is 2.29. The third-order valence-corrected chi connectivity index (χ3v) is 5.95. The summed E-state index contributed by atoms with van der Waals surface area (Å²) < 4.78 is 21.3. The van der Waals surface area contributed by atoms with E-state index in [0.29, 0.717) is 28.5 Å². The number of halogens is 1. The third-order valence-electron chi connectivity index (χ3n) is 5.95. The maximum absolute atomic E-state index is 13.9. The fraction of sp³-hybridized carbons (Fsp3) is 0.250. The van der Waals surface area contributed by atoms with E-state index in [1.807, 2.05) is 0 Å². The van der Waals surface area contributed by atoms with Gasteiger partial charge in [0, 0.05) is 24.9 Å². The van der Waals surface area contributed by atoms with E-state index in [0.717, 1.165) is 4.57 Å². The maximum Gasteiger partial charge on any atom is 0.332 e. The number of anilines is 3. The molecule has 0 bridgehead atoms. The van der Waals surface area contributed by atoms with E-state index >= 15 is 0 Å². The minimum Gasteiger partial charge on any atom is -0.361 e. The van der Waals surface area contributed by atoms with Crippen LogP contribution in [0.3, 0.4) is 0 Å². The largest absolute Gasteiger partial charge is 0.361 e. The van der Waals surface area contributed by atoms with Gasteiger partial charge in [0.15, 0.2) is 0 Å². The van der Waals surface area contributed by atoms with E-state index in [2.05, 4.69) is 25.8 Å². The molecule has 1 aliphatic heterocycles. The molecule has 1 aliphatic rings. The maximum atomic E-state index is 13.9. The number of fused-ring (bicyclic) bond motifs is 1. The Morgan fingerprint density at radius 1 is 1.24 bits per heavy atom. The second-order valence-corrected chi connectivity index (χ2v) is 8.64. The van der Waals surface area contributed by atoms with Gasteiger partial charge < -0.3 is 20.1 Å². The molecule has 0 aliphatic carbocycles. The molecule has 0 aromatic carbocycles. The number of amides is 1. The molecule has 37 heavy (non-hydrogen) atoms. The Kier molecular flexibility index (Phi) is 6.03. The Morgan fingerprint density at radius 2 is 2.05 bits per heavy atom. The van der Waals surface area contributed by atoms with Crippen molar-refractivity contribution in [3.8, 4) is 11.3 Å². The number of carbonyl (C=O) groups is 1. The van der Waals surface area contributed by atoms with Crippen molar-refractivity contribution in [3.63, 3.8) is 0 Å². The minimum atomic E-state index is -0.550. The number of carbonyl (C=O) groups excluding carboxylic acids is 1. The monoisotopic (exact) mass is 506 g/mol. The summed E-state index contributed by atoms with van der Waals surface area (Å²) in [6.45, 7) is 3.19. The van der Waals surface area contributed by atoms with Gasteiger partial charge in [0.05, 0.1) is 31.1 Å². The van der Waals surface area contributed by atoms with Crippen LogP contribution in [-0.4, -0.2) is 43.4 Å². The van der Waals surface area contributed by atoms with Gasteiger partial charge in [0.25, 0.3) is 5.56 Å². The summed E-state index contributed by atoms with van der Waals surface area (Å²) in [6.07, 6.45) is 1.51. The van der Waals surface area contributed by atoms with Gasteiger partial charge in [-0.1, -0.05) is 11.2 Å². The lowest BCUT2D eigenvalue weighted by molar-refractivity contribution is -0.115. The van der Waals surface area contributed by atoms with Crippen molar-refractivity contribution in [1.29, 1.82) is 0 Å². The molecule has 2 N–H and O–H groups in total. The standard InChI is InChI=1S/C24H23FN8O4/c1-13-7-16(30-37-13)10-33-23(35)21-22(31(3)24(33)36)27-12-32(21)11-20(34)29-19-6-4-5-18(28-19)15-8-17(25)14(2)26-9-15/h4-9,27H,10-12H2,1-3H3,(H,28,29,34). The quantitative estimate of drug-likeness (QED) is 0.399. The number of aromatic nitrogens is 5.